The smallest absolute Gasteiger partial charge is 0.0359 e. The third kappa shape index (κ3) is 3.40. The van der Waals surface area contributed by atoms with Crippen molar-refractivity contribution in [3.63, 3.8) is 0 Å². The molecule has 0 fully saturated rings. The van der Waals surface area contributed by atoms with E-state index in [0.29, 0.717) is 0 Å². The van der Waals surface area contributed by atoms with Gasteiger partial charge < -0.3 is 5.73 Å². The lowest BCUT2D eigenvalue weighted by Crippen LogP contribution is -2.23. The first-order chi connectivity index (χ1) is 7.17. The van der Waals surface area contributed by atoms with Crippen molar-refractivity contribution in [2.45, 2.75) is 20.4 Å². The van der Waals surface area contributed by atoms with Crippen molar-refractivity contribution in [2.24, 2.45) is 0 Å². The van der Waals surface area contributed by atoms with E-state index in [-0.39, 0.29) is 0 Å². The van der Waals surface area contributed by atoms with Crippen LogP contribution in [0.1, 0.15) is 18.1 Å². The van der Waals surface area contributed by atoms with Gasteiger partial charge >= 0.3 is 0 Å². The van der Waals surface area contributed by atoms with Crippen molar-refractivity contribution in [1.29, 1.82) is 0 Å². The van der Waals surface area contributed by atoms with E-state index >= 15 is 0 Å². The Balaban J connectivity index is 2.77. The molecular formula is C13H20N2. The molecule has 0 atom stereocenters. The maximum Gasteiger partial charge on any atom is 0.0359 e. The Labute approximate surface area is 92.4 Å². The number of benzene rings is 1. The Bertz CT molecular complexity index is 331. The highest BCUT2D eigenvalue weighted by Gasteiger charge is 2.04. The minimum atomic E-state index is 0.878. The molecular weight excluding hydrogens is 184 g/mol. The first-order valence-electron chi connectivity index (χ1n) is 5.35. The molecule has 0 spiro atoms. The summed E-state index contributed by atoms with van der Waals surface area (Å²) in [4.78, 5) is 2.30. The summed E-state index contributed by atoms with van der Waals surface area (Å²) in [5, 5.41) is 0. The Morgan fingerprint density at radius 3 is 2.80 bits per heavy atom. The maximum absolute atomic E-state index is 5.94. The third-order valence-corrected chi connectivity index (χ3v) is 2.53. The topological polar surface area (TPSA) is 29.3 Å². The summed E-state index contributed by atoms with van der Waals surface area (Å²) < 4.78 is 0. The summed E-state index contributed by atoms with van der Waals surface area (Å²) in [5.41, 5.74) is 9.28. The molecule has 15 heavy (non-hydrogen) atoms. The van der Waals surface area contributed by atoms with Crippen LogP contribution in [0.2, 0.25) is 0 Å². The van der Waals surface area contributed by atoms with Gasteiger partial charge in [-0.3, -0.25) is 4.90 Å². The molecule has 0 aliphatic rings. The minimum Gasteiger partial charge on any atom is -0.398 e. The van der Waals surface area contributed by atoms with Gasteiger partial charge in [0.15, 0.2) is 0 Å². The van der Waals surface area contributed by atoms with Crippen LogP contribution in [0.5, 0.6) is 0 Å². The summed E-state index contributed by atoms with van der Waals surface area (Å²) in [6.45, 7) is 10.8. The van der Waals surface area contributed by atoms with Crippen molar-refractivity contribution < 1.29 is 0 Å². The van der Waals surface area contributed by atoms with Gasteiger partial charge in [-0.15, -0.1) is 6.58 Å². The second-order valence-electron chi connectivity index (χ2n) is 3.82. The van der Waals surface area contributed by atoms with Crippen molar-refractivity contribution in [1.82, 2.24) is 4.90 Å². The molecule has 0 saturated carbocycles. The van der Waals surface area contributed by atoms with Gasteiger partial charge in [-0.05, 0) is 25.1 Å². The number of hydrogen-bond donors (Lipinski definition) is 1. The predicted molar refractivity (Wildman–Crippen MR) is 66.7 cm³/mol. The molecule has 0 heterocycles. The molecule has 2 N–H and O–H groups in total. The standard InChI is InChI=1S/C13H20N2/c1-4-8-15(5-2)10-12-9-11(3)6-7-13(12)14/h4,6-7,9H,1,5,8,10,14H2,2-3H3. The molecule has 1 aromatic carbocycles. The van der Waals surface area contributed by atoms with Crippen molar-refractivity contribution >= 4 is 5.69 Å². The fourth-order valence-electron chi connectivity index (χ4n) is 1.60. The van der Waals surface area contributed by atoms with E-state index in [1.807, 2.05) is 18.2 Å². The molecule has 2 heteroatoms. The summed E-state index contributed by atoms with van der Waals surface area (Å²) in [6.07, 6.45) is 1.93. The number of nitrogens with two attached hydrogens (primary N) is 1. The minimum absolute atomic E-state index is 0.878. The van der Waals surface area contributed by atoms with E-state index in [1.54, 1.807) is 0 Å². The van der Waals surface area contributed by atoms with Crippen molar-refractivity contribution in [2.75, 3.05) is 18.8 Å². The lowest BCUT2D eigenvalue weighted by atomic mass is 10.1. The zero-order valence-corrected chi connectivity index (χ0v) is 9.66. The molecule has 0 unspecified atom stereocenters. The van der Waals surface area contributed by atoms with Gasteiger partial charge in [0.1, 0.15) is 0 Å². The van der Waals surface area contributed by atoms with Crippen molar-refractivity contribution in [3.8, 4) is 0 Å². The van der Waals surface area contributed by atoms with Crippen LogP contribution < -0.4 is 5.73 Å². The number of likely N-dealkylation sites (N-methyl/N-ethyl adjacent to an activating group) is 1. The highest BCUT2D eigenvalue weighted by atomic mass is 15.1. The van der Waals surface area contributed by atoms with Crippen LogP contribution in [0, 0.1) is 6.92 Å². The Morgan fingerprint density at radius 2 is 2.20 bits per heavy atom. The predicted octanol–water partition coefficient (Wildman–Crippen LogP) is 2.59. The zero-order chi connectivity index (χ0) is 11.3. The first-order valence-corrected chi connectivity index (χ1v) is 5.35. The number of anilines is 1. The second kappa shape index (κ2) is 5.56. The zero-order valence-electron chi connectivity index (χ0n) is 9.66. The number of nitrogens with zero attached hydrogens (tertiary/aromatic N) is 1. The summed E-state index contributed by atoms with van der Waals surface area (Å²) >= 11 is 0. The molecule has 0 saturated heterocycles. The van der Waals surface area contributed by atoms with Gasteiger partial charge in [-0.2, -0.15) is 0 Å². The average molecular weight is 204 g/mol. The highest BCUT2D eigenvalue weighted by Crippen LogP contribution is 2.15. The van der Waals surface area contributed by atoms with Gasteiger partial charge in [-0.1, -0.05) is 30.7 Å². The van der Waals surface area contributed by atoms with Crippen molar-refractivity contribution in [3.05, 3.63) is 42.0 Å². The molecule has 0 radical (unpaired) electrons. The average Bonchev–Trinajstić information content (AvgIpc) is 2.22. The van der Waals surface area contributed by atoms with Crippen LogP contribution in [0.4, 0.5) is 5.69 Å². The van der Waals surface area contributed by atoms with Crippen LogP contribution in [0.3, 0.4) is 0 Å². The molecule has 0 aromatic heterocycles. The highest BCUT2D eigenvalue weighted by molar-refractivity contribution is 5.48. The van der Waals surface area contributed by atoms with Crippen LogP contribution in [-0.4, -0.2) is 18.0 Å². The normalized spacial score (nSPS) is 10.6. The number of rotatable bonds is 5. The SMILES string of the molecule is C=CCN(CC)Cc1cc(C)ccc1N. The van der Waals surface area contributed by atoms with Gasteiger partial charge in [0.25, 0.3) is 0 Å². The van der Waals surface area contributed by atoms with Gasteiger partial charge in [0, 0.05) is 18.8 Å². The Morgan fingerprint density at radius 1 is 1.47 bits per heavy atom. The quantitative estimate of drug-likeness (QED) is 0.590. The van der Waals surface area contributed by atoms with Crippen LogP contribution in [0.15, 0.2) is 30.9 Å². The molecule has 82 valence electrons. The molecule has 0 amide bonds. The van der Waals surface area contributed by atoms with Gasteiger partial charge in [-0.25, -0.2) is 0 Å². The van der Waals surface area contributed by atoms with Crippen LogP contribution in [-0.2, 0) is 6.54 Å². The fourth-order valence-corrected chi connectivity index (χ4v) is 1.60. The van der Waals surface area contributed by atoms with E-state index in [1.165, 1.54) is 11.1 Å². The first kappa shape index (κ1) is 11.8. The van der Waals surface area contributed by atoms with Gasteiger partial charge in [0.05, 0.1) is 0 Å². The molecule has 1 rings (SSSR count). The number of nitrogen functional groups attached to an aromatic ring is 1. The Hall–Kier alpha value is -1.28. The third-order valence-electron chi connectivity index (χ3n) is 2.53. The van der Waals surface area contributed by atoms with E-state index in [2.05, 4.69) is 31.4 Å². The molecule has 0 aliphatic carbocycles. The van der Waals surface area contributed by atoms with Gasteiger partial charge in [0.2, 0.25) is 0 Å². The molecule has 1 aromatic rings. The number of hydrogen-bond acceptors (Lipinski definition) is 2. The maximum atomic E-state index is 5.94. The molecule has 0 bridgehead atoms. The second-order valence-corrected chi connectivity index (χ2v) is 3.82. The van der Waals surface area contributed by atoms with E-state index < -0.39 is 0 Å². The molecule has 2 nitrogen and oxygen atoms in total. The van der Waals surface area contributed by atoms with E-state index in [0.717, 1.165) is 25.3 Å². The largest absolute Gasteiger partial charge is 0.398 e. The lowest BCUT2D eigenvalue weighted by molar-refractivity contribution is 0.312. The fraction of sp³-hybridized carbons (Fsp3) is 0.385. The summed E-state index contributed by atoms with van der Waals surface area (Å²) in [6, 6.07) is 6.18. The summed E-state index contributed by atoms with van der Waals surface area (Å²) in [7, 11) is 0. The van der Waals surface area contributed by atoms with E-state index in [9.17, 15) is 0 Å². The number of aryl methyl sites for hydroxylation is 1. The molecule has 0 aliphatic heterocycles. The monoisotopic (exact) mass is 204 g/mol. The Kier molecular flexibility index (Phi) is 4.37. The van der Waals surface area contributed by atoms with Crippen LogP contribution in [0.25, 0.3) is 0 Å². The summed E-state index contributed by atoms with van der Waals surface area (Å²) in [5.74, 6) is 0. The van der Waals surface area contributed by atoms with Crippen LogP contribution >= 0.6 is 0 Å². The van der Waals surface area contributed by atoms with E-state index in [4.69, 9.17) is 5.73 Å². The lowest BCUT2D eigenvalue weighted by Gasteiger charge is -2.19.